The Labute approximate surface area is 112 Å². The van der Waals surface area contributed by atoms with Crippen molar-refractivity contribution in [3.63, 3.8) is 0 Å². The van der Waals surface area contributed by atoms with Gasteiger partial charge < -0.3 is 10.1 Å². The number of aryl methyl sites for hydroxylation is 1. The van der Waals surface area contributed by atoms with Gasteiger partial charge in [-0.3, -0.25) is 0 Å². The molecule has 19 heavy (non-hydrogen) atoms. The van der Waals surface area contributed by atoms with Crippen LogP contribution in [0.2, 0.25) is 0 Å². The van der Waals surface area contributed by atoms with Crippen LogP contribution in [0.5, 0.6) is 5.88 Å². The highest BCUT2D eigenvalue weighted by atomic mass is 16.5. The lowest BCUT2D eigenvalue weighted by Crippen LogP contribution is -2.28. The van der Waals surface area contributed by atoms with Crippen molar-refractivity contribution >= 4 is 11.0 Å². The Balaban J connectivity index is 1.96. The molecule has 2 aliphatic rings. The lowest BCUT2D eigenvalue weighted by atomic mass is 9.98. The molecular weight excluding hydrogens is 238 g/mol. The minimum absolute atomic E-state index is 0.631. The van der Waals surface area contributed by atoms with Crippen LogP contribution >= 0.6 is 0 Å². The number of nitrogens with zero attached hydrogens (tertiary/aromatic N) is 2. The minimum Gasteiger partial charge on any atom is -0.480 e. The third kappa shape index (κ3) is 1.56. The molecule has 1 aromatic carbocycles. The van der Waals surface area contributed by atoms with E-state index in [1.165, 1.54) is 17.5 Å². The SMILES string of the molecule is COc1nc2cc3c(cc2nc1C)C1CNC[C@H]3C1. The van der Waals surface area contributed by atoms with Crippen LogP contribution in [-0.4, -0.2) is 30.2 Å². The van der Waals surface area contributed by atoms with Gasteiger partial charge in [0, 0.05) is 13.1 Å². The van der Waals surface area contributed by atoms with Crippen LogP contribution in [-0.2, 0) is 0 Å². The number of nitrogens with one attached hydrogen (secondary N) is 1. The molecule has 4 heteroatoms. The van der Waals surface area contributed by atoms with Crippen molar-refractivity contribution in [3.05, 3.63) is 29.0 Å². The van der Waals surface area contributed by atoms with Crippen LogP contribution in [0.1, 0.15) is 35.1 Å². The van der Waals surface area contributed by atoms with Crippen molar-refractivity contribution in [1.29, 1.82) is 0 Å². The highest BCUT2D eigenvalue weighted by Gasteiger charge is 2.34. The molecule has 0 spiro atoms. The van der Waals surface area contributed by atoms with Crippen molar-refractivity contribution in [3.8, 4) is 5.88 Å². The average Bonchev–Trinajstić information content (AvgIpc) is 2.67. The zero-order valence-electron chi connectivity index (χ0n) is 11.2. The minimum atomic E-state index is 0.631. The van der Waals surface area contributed by atoms with Gasteiger partial charge in [0.2, 0.25) is 5.88 Å². The van der Waals surface area contributed by atoms with Crippen LogP contribution in [0.4, 0.5) is 0 Å². The Hall–Kier alpha value is -1.68. The third-order valence-electron chi connectivity index (χ3n) is 4.42. The number of aromatic nitrogens is 2. The van der Waals surface area contributed by atoms with Gasteiger partial charge in [-0.15, -0.1) is 0 Å². The first-order valence-electron chi connectivity index (χ1n) is 6.83. The maximum atomic E-state index is 5.27. The van der Waals surface area contributed by atoms with Gasteiger partial charge in [0.1, 0.15) is 5.69 Å². The quantitative estimate of drug-likeness (QED) is 0.848. The van der Waals surface area contributed by atoms with E-state index in [0.29, 0.717) is 17.7 Å². The van der Waals surface area contributed by atoms with E-state index in [9.17, 15) is 0 Å². The molecule has 1 aliphatic carbocycles. The Morgan fingerprint density at radius 2 is 1.74 bits per heavy atom. The number of fused-ring (bicyclic) bond motifs is 6. The molecule has 2 atom stereocenters. The van der Waals surface area contributed by atoms with Crippen LogP contribution in [0.15, 0.2) is 12.1 Å². The van der Waals surface area contributed by atoms with Gasteiger partial charge in [0.25, 0.3) is 0 Å². The summed E-state index contributed by atoms with van der Waals surface area (Å²) in [6.45, 7) is 4.13. The van der Waals surface area contributed by atoms with Gasteiger partial charge in [0.15, 0.2) is 0 Å². The predicted molar refractivity (Wildman–Crippen MR) is 73.8 cm³/mol. The van der Waals surface area contributed by atoms with Crippen LogP contribution < -0.4 is 10.1 Å². The second-order valence-corrected chi connectivity index (χ2v) is 5.58. The van der Waals surface area contributed by atoms with Crippen molar-refractivity contribution < 1.29 is 4.74 Å². The Morgan fingerprint density at radius 3 is 2.37 bits per heavy atom. The summed E-state index contributed by atoms with van der Waals surface area (Å²) in [6.07, 6.45) is 1.27. The van der Waals surface area contributed by atoms with Gasteiger partial charge in [-0.05, 0) is 48.4 Å². The number of hydrogen-bond acceptors (Lipinski definition) is 4. The Morgan fingerprint density at radius 1 is 1.11 bits per heavy atom. The second kappa shape index (κ2) is 3.90. The average molecular weight is 255 g/mol. The molecule has 1 aliphatic heterocycles. The molecule has 1 N–H and O–H groups in total. The lowest BCUT2D eigenvalue weighted by molar-refractivity contribution is 0.394. The van der Waals surface area contributed by atoms with Crippen LogP contribution in [0, 0.1) is 6.92 Å². The first-order valence-corrected chi connectivity index (χ1v) is 6.83. The zero-order chi connectivity index (χ0) is 13.0. The Kier molecular flexibility index (Phi) is 2.30. The lowest BCUT2D eigenvalue weighted by Gasteiger charge is -2.19. The predicted octanol–water partition coefficient (Wildman–Crippen LogP) is 2.12. The normalized spacial score (nSPS) is 24.5. The molecule has 1 fully saturated rings. The molecule has 2 bridgehead atoms. The standard InChI is InChI=1S/C15H17N3O/c1-8-15(19-2)18-14-5-12-10-3-9(6-16-7-10)11(12)4-13(14)17-8/h4-5,9-10,16H,3,6-7H2,1-2H3/t9?,10-/m1/s1. The summed E-state index contributed by atoms with van der Waals surface area (Å²) in [5.41, 5.74) is 5.73. The molecule has 4 rings (SSSR count). The fraction of sp³-hybridized carbons (Fsp3) is 0.467. The molecule has 0 amide bonds. The van der Waals surface area contributed by atoms with E-state index in [1.807, 2.05) is 6.92 Å². The number of hydrogen-bond donors (Lipinski definition) is 1. The van der Waals surface area contributed by atoms with Gasteiger partial charge in [-0.25, -0.2) is 9.97 Å². The highest BCUT2D eigenvalue weighted by Crippen LogP contribution is 2.44. The fourth-order valence-electron chi connectivity index (χ4n) is 3.52. The fourth-order valence-corrected chi connectivity index (χ4v) is 3.52. The van der Waals surface area contributed by atoms with E-state index >= 15 is 0 Å². The number of benzene rings is 1. The molecule has 2 aromatic rings. The van der Waals surface area contributed by atoms with E-state index in [1.54, 1.807) is 7.11 Å². The smallest absolute Gasteiger partial charge is 0.235 e. The topological polar surface area (TPSA) is 47.0 Å². The van der Waals surface area contributed by atoms with Gasteiger partial charge in [-0.1, -0.05) is 0 Å². The van der Waals surface area contributed by atoms with Gasteiger partial charge >= 0.3 is 0 Å². The maximum Gasteiger partial charge on any atom is 0.235 e. The van der Waals surface area contributed by atoms with E-state index < -0.39 is 0 Å². The summed E-state index contributed by atoms with van der Waals surface area (Å²) >= 11 is 0. The molecular formula is C15H17N3O. The molecule has 98 valence electrons. The zero-order valence-corrected chi connectivity index (χ0v) is 11.2. The Bertz CT molecular complexity index is 668. The van der Waals surface area contributed by atoms with Crippen molar-refractivity contribution in [2.45, 2.75) is 25.2 Å². The highest BCUT2D eigenvalue weighted by molar-refractivity contribution is 5.78. The monoisotopic (exact) mass is 255 g/mol. The van der Waals surface area contributed by atoms with Crippen molar-refractivity contribution in [1.82, 2.24) is 15.3 Å². The summed E-state index contributed by atoms with van der Waals surface area (Å²) in [5.74, 6) is 1.93. The first kappa shape index (κ1) is 11.2. The number of rotatable bonds is 1. The number of methoxy groups -OCH3 is 1. The number of ether oxygens (including phenoxy) is 1. The molecule has 1 aromatic heterocycles. The van der Waals surface area contributed by atoms with E-state index in [0.717, 1.165) is 29.8 Å². The van der Waals surface area contributed by atoms with Crippen molar-refractivity contribution in [2.75, 3.05) is 20.2 Å². The number of piperidine rings is 1. The van der Waals surface area contributed by atoms with E-state index in [-0.39, 0.29) is 0 Å². The maximum absolute atomic E-state index is 5.27. The molecule has 1 saturated heterocycles. The van der Waals surface area contributed by atoms with Gasteiger partial charge in [0.05, 0.1) is 18.1 Å². The summed E-state index contributed by atoms with van der Waals surface area (Å²) in [4.78, 5) is 9.21. The third-order valence-corrected chi connectivity index (χ3v) is 4.42. The summed E-state index contributed by atoms with van der Waals surface area (Å²) in [7, 11) is 1.65. The van der Waals surface area contributed by atoms with E-state index in [2.05, 4.69) is 27.4 Å². The molecule has 1 unspecified atom stereocenters. The largest absolute Gasteiger partial charge is 0.480 e. The molecule has 0 saturated carbocycles. The molecule has 0 radical (unpaired) electrons. The second-order valence-electron chi connectivity index (χ2n) is 5.58. The molecule has 4 nitrogen and oxygen atoms in total. The summed E-state index contributed by atoms with van der Waals surface area (Å²) in [5, 5.41) is 3.52. The van der Waals surface area contributed by atoms with Crippen molar-refractivity contribution in [2.24, 2.45) is 0 Å². The van der Waals surface area contributed by atoms with Gasteiger partial charge in [-0.2, -0.15) is 0 Å². The molecule has 2 heterocycles. The summed E-state index contributed by atoms with van der Waals surface area (Å²) in [6, 6.07) is 4.46. The van der Waals surface area contributed by atoms with Crippen LogP contribution in [0.25, 0.3) is 11.0 Å². The van der Waals surface area contributed by atoms with E-state index in [4.69, 9.17) is 4.74 Å². The van der Waals surface area contributed by atoms with Crippen LogP contribution in [0.3, 0.4) is 0 Å². The summed E-state index contributed by atoms with van der Waals surface area (Å²) < 4.78 is 5.27. The first-order chi connectivity index (χ1) is 9.26.